The van der Waals surface area contributed by atoms with Gasteiger partial charge in [-0.25, -0.2) is 13.4 Å². The van der Waals surface area contributed by atoms with Crippen LogP contribution in [0.5, 0.6) is 0 Å². The predicted molar refractivity (Wildman–Crippen MR) is 107 cm³/mol. The van der Waals surface area contributed by atoms with Gasteiger partial charge in [-0.2, -0.15) is 17.5 Å². The third-order valence-corrected chi connectivity index (χ3v) is 7.59. The number of sulfonamides is 1. The molecule has 1 aliphatic heterocycles. The Bertz CT molecular complexity index is 1150. The fraction of sp³-hybridized carbons (Fsp3) is 0.381. The second-order valence-corrected chi connectivity index (χ2v) is 9.57. The van der Waals surface area contributed by atoms with Gasteiger partial charge in [0.15, 0.2) is 0 Å². The highest BCUT2D eigenvalue weighted by Crippen LogP contribution is 2.31. The maximum absolute atomic E-state index is 12.8. The first-order valence-electron chi connectivity index (χ1n) is 9.75. The molecule has 0 unspecified atom stereocenters. The van der Waals surface area contributed by atoms with E-state index in [2.05, 4.69) is 9.55 Å². The van der Waals surface area contributed by atoms with E-state index in [-0.39, 0.29) is 4.90 Å². The van der Waals surface area contributed by atoms with Crippen molar-refractivity contribution >= 4 is 21.1 Å². The lowest BCUT2D eigenvalue weighted by Crippen LogP contribution is -2.39. The van der Waals surface area contributed by atoms with Gasteiger partial charge in [0.05, 0.1) is 21.5 Å². The summed E-state index contributed by atoms with van der Waals surface area (Å²) in [7, 11) is -3.81. The summed E-state index contributed by atoms with van der Waals surface area (Å²) in [5.41, 5.74) is 1.15. The number of aryl methyl sites for hydroxylation is 1. The van der Waals surface area contributed by atoms with Crippen LogP contribution in [0.4, 0.5) is 13.2 Å². The minimum Gasteiger partial charge on any atom is -0.328 e. The first-order valence-corrected chi connectivity index (χ1v) is 11.2. The normalized spacial score (nSPS) is 16.9. The molecule has 1 aromatic heterocycles. The number of hydrogen-bond acceptors (Lipinski definition) is 3. The van der Waals surface area contributed by atoms with Crippen LogP contribution < -0.4 is 0 Å². The van der Waals surface area contributed by atoms with Gasteiger partial charge in [-0.1, -0.05) is 12.1 Å². The van der Waals surface area contributed by atoms with E-state index in [4.69, 9.17) is 0 Å². The molecule has 0 radical (unpaired) electrons. The summed E-state index contributed by atoms with van der Waals surface area (Å²) in [6.07, 6.45) is -3.12. The quantitative estimate of drug-likeness (QED) is 0.605. The van der Waals surface area contributed by atoms with Crippen molar-refractivity contribution in [3.63, 3.8) is 0 Å². The van der Waals surface area contributed by atoms with Gasteiger partial charge in [0, 0.05) is 19.6 Å². The van der Waals surface area contributed by atoms with E-state index in [0.29, 0.717) is 31.8 Å². The van der Waals surface area contributed by atoms with Crippen molar-refractivity contribution in [2.24, 2.45) is 5.92 Å². The molecule has 9 heteroatoms. The van der Waals surface area contributed by atoms with Gasteiger partial charge >= 0.3 is 6.18 Å². The Balaban J connectivity index is 1.44. The standard InChI is InChI=1S/C21H22F3N3O2S/c1-15-25-19-4-2-3-5-20(19)27(15)14-16-10-12-26(13-11-16)30(28,29)18-8-6-17(7-9-18)21(22,23)24/h2-9,16H,10-14H2,1H3. The number of imidazole rings is 1. The molecule has 0 N–H and O–H groups in total. The van der Waals surface area contributed by atoms with E-state index in [9.17, 15) is 21.6 Å². The van der Waals surface area contributed by atoms with Crippen LogP contribution in [0.25, 0.3) is 11.0 Å². The van der Waals surface area contributed by atoms with Crippen LogP contribution in [-0.2, 0) is 22.7 Å². The van der Waals surface area contributed by atoms with Crippen LogP contribution in [0.15, 0.2) is 53.4 Å². The smallest absolute Gasteiger partial charge is 0.328 e. The summed E-state index contributed by atoms with van der Waals surface area (Å²) in [5, 5.41) is 0. The molecule has 0 amide bonds. The lowest BCUT2D eigenvalue weighted by atomic mass is 9.98. The number of aromatic nitrogens is 2. The van der Waals surface area contributed by atoms with E-state index >= 15 is 0 Å². The molecule has 0 atom stereocenters. The van der Waals surface area contributed by atoms with Gasteiger partial charge in [0.2, 0.25) is 10.0 Å². The van der Waals surface area contributed by atoms with E-state index < -0.39 is 21.8 Å². The third-order valence-electron chi connectivity index (χ3n) is 5.68. The zero-order chi connectivity index (χ0) is 21.5. The number of nitrogens with zero attached hydrogens (tertiary/aromatic N) is 3. The highest BCUT2D eigenvalue weighted by molar-refractivity contribution is 7.89. The third kappa shape index (κ3) is 3.96. The number of halogens is 3. The molecule has 0 aliphatic carbocycles. The van der Waals surface area contributed by atoms with Gasteiger partial charge < -0.3 is 4.57 Å². The molecule has 160 valence electrons. The van der Waals surface area contributed by atoms with Crippen LogP contribution in [0, 0.1) is 12.8 Å². The van der Waals surface area contributed by atoms with Crippen molar-refractivity contribution in [3.8, 4) is 0 Å². The molecule has 1 aliphatic rings. The van der Waals surface area contributed by atoms with Crippen LogP contribution in [0.3, 0.4) is 0 Å². The molecule has 3 aromatic rings. The van der Waals surface area contributed by atoms with Crippen LogP contribution in [-0.4, -0.2) is 35.4 Å². The first-order chi connectivity index (χ1) is 14.2. The maximum Gasteiger partial charge on any atom is 0.416 e. The molecular weight excluding hydrogens is 415 g/mol. The lowest BCUT2D eigenvalue weighted by Gasteiger charge is -2.31. The number of alkyl halides is 3. The Labute approximate surface area is 173 Å². The van der Waals surface area contributed by atoms with Crippen molar-refractivity contribution in [1.82, 2.24) is 13.9 Å². The van der Waals surface area contributed by atoms with Crippen LogP contribution in [0.1, 0.15) is 24.2 Å². The Morgan fingerprint density at radius 1 is 1.03 bits per heavy atom. The maximum atomic E-state index is 12.8. The van der Waals surface area contributed by atoms with Gasteiger partial charge in [-0.15, -0.1) is 0 Å². The highest BCUT2D eigenvalue weighted by Gasteiger charge is 2.33. The summed E-state index contributed by atoms with van der Waals surface area (Å²) in [6.45, 7) is 3.42. The minimum absolute atomic E-state index is 0.106. The summed E-state index contributed by atoms with van der Waals surface area (Å²) in [5.74, 6) is 1.23. The Hall–Kier alpha value is -2.39. The van der Waals surface area contributed by atoms with E-state index in [0.717, 1.165) is 47.7 Å². The van der Waals surface area contributed by atoms with Crippen LogP contribution >= 0.6 is 0 Å². The fourth-order valence-corrected chi connectivity index (χ4v) is 5.45. The zero-order valence-electron chi connectivity index (χ0n) is 16.4. The van der Waals surface area contributed by atoms with Crippen molar-refractivity contribution in [1.29, 1.82) is 0 Å². The van der Waals surface area contributed by atoms with E-state index in [1.807, 2.05) is 31.2 Å². The zero-order valence-corrected chi connectivity index (χ0v) is 17.2. The molecule has 1 fully saturated rings. The number of fused-ring (bicyclic) bond motifs is 1. The van der Waals surface area contributed by atoms with Crippen molar-refractivity contribution in [2.75, 3.05) is 13.1 Å². The summed E-state index contributed by atoms with van der Waals surface area (Å²) in [4.78, 5) is 4.47. The average molecular weight is 437 g/mol. The largest absolute Gasteiger partial charge is 0.416 e. The number of hydrogen-bond donors (Lipinski definition) is 0. The van der Waals surface area contributed by atoms with Crippen LogP contribution in [0.2, 0.25) is 0 Å². The van der Waals surface area contributed by atoms with Crippen molar-refractivity contribution in [2.45, 2.75) is 37.4 Å². The van der Waals surface area contributed by atoms with Gasteiger partial charge in [0.25, 0.3) is 0 Å². The number of para-hydroxylation sites is 2. The highest BCUT2D eigenvalue weighted by atomic mass is 32.2. The Morgan fingerprint density at radius 2 is 1.67 bits per heavy atom. The second-order valence-electron chi connectivity index (χ2n) is 7.63. The van der Waals surface area contributed by atoms with Gasteiger partial charge in [-0.3, -0.25) is 0 Å². The minimum atomic E-state index is -4.49. The van der Waals surface area contributed by atoms with Crippen molar-refractivity contribution in [3.05, 3.63) is 59.9 Å². The lowest BCUT2D eigenvalue weighted by molar-refractivity contribution is -0.137. The number of piperidine rings is 1. The predicted octanol–water partition coefficient (Wildman–Crippen LogP) is 4.46. The first kappa shape index (κ1) is 20.9. The van der Waals surface area contributed by atoms with E-state index in [1.54, 1.807) is 0 Å². The SMILES string of the molecule is Cc1nc2ccccc2n1CC1CCN(S(=O)(=O)c2ccc(C(F)(F)F)cc2)CC1. The molecule has 2 aromatic carbocycles. The summed E-state index contributed by atoms with van der Waals surface area (Å²) in [6, 6.07) is 11.6. The topological polar surface area (TPSA) is 55.2 Å². The molecule has 2 heterocycles. The molecule has 5 nitrogen and oxygen atoms in total. The second kappa shape index (κ2) is 7.70. The van der Waals surface area contributed by atoms with Crippen molar-refractivity contribution < 1.29 is 21.6 Å². The van der Waals surface area contributed by atoms with Gasteiger partial charge in [0.1, 0.15) is 5.82 Å². The molecule has 1 saturated heterocycles. The molecule has 4 rings (SSSR count). The molecule has 0 saturated carbocycles. The molecule has 0 spiro atoms. The van der Waals surface area contributed by atoms with E-state index in [1.165, 1.54) is 4.31 Å². The summed E-state index contributed by atoms with van der Waals surface area (Å²) < 4.78 is 67.4. The molecular formula is C21H22F3N3O2S. The number of rotatable bonds is 4. The average Bonchev–Trinajstić information content (AvgIpc) is 3.03. The Kier molecular flexibility index (Phi) is 5.36. The molecule has 30 heavy (non-hydrogen) atoms. The Morgan fingerprint density at radius 3 is 2.30 bits per heavy atom. The summed E-state index contributed by atoms with van der Waals surface area (Å²) >= 11 is 0. The van der Waals surface area contributed by atoms with Gasteiger partial charge in [-0.05, 0) is 62.1 Å². The monoisotopic (exact) mass is 437 g/mol. The number of benzene rings is 2. The molecule has 0 bridgehead atoms. The fourth-order valence-electron chi connectivity index (χ4n) is 3.98.